The smallest absolute Gasteiger partial charge is 0.338 e. The van der Waals surface area contributed by atoms with Gasteiger partial charge in [-0.05, 0) is 35.0 Å². The molecule has 0 radical (unpaired) electrons. The van der Waals surface area contributed by atoms with E-state index in [1.54, 1.807) is 12.1 Å². The van der Waals surface area contributed by atoms with Crippen LogP contribution in [-0.2, 0) is 9.47 Å². The van der Waals surface area contributed by atoms with Gasteiger partial charge in [-0.2, -0.15) is 0 Å². The Balaban J connectivity index is 1.31. The Bertz CT molecular complexity index is 1470. The van der Waals surface area contributed by atoms with Gasteiger partial charge in [0.05, 0.1) is 11.9 Å². The third kappa shape index (κ3) is 3.89. The molecule has 0 bridgehead atoms. The molecule has 0 saturated carbocycles. The van der Waals surface area contributed by atoms with Gasteiger partial charge in [-0.3, -0.25) is 14.2 Å². The van der Waals surface area contributed by atoms with Gasteiger partial charge in [0, 0.05) is 11.1 Å². The fraction of sp³-hybridized carbons (Fsp3) is 0.217. The molecule has 4 N–H and O–H groups in total. The third-order valence-electron chi connectivity index (χ3n) is 5.91. The number of aromatic nitrogens is 4. The van der Waals surface area contributed by atoms with E-state index in [4.69, 9.17) is 15.2 Å². The molecule has 2 aromatic heterocycles. The molecule has 1 saturated heterocycles. The molecule has 3 heterocycles. The minimum absolute atomic E-state index is 0.158. The molecule has 4 unspecified atom stereocenters. The number of nitrogens with zero attached hydrogens (tertiary/aromatic N) is 4. The second-order valence-corrected chi connectivity index (χ2v) is 8.01. The Hall–Kier alpha value is -4.26. The van der Waals surface area contributed by atoms with Crippen LogP contribution < -0.4 is 5.73 Å². The number of aldehydes is 2. The molecule has 4 aromatic rings. The number of hydrogen-bond donors (Lipinski definition) is 3. The Morgan fingerprint density at radius 2 is 1.80 bits per heavy atom. The zero-order chi connectivity index (χ0) is 24.7. The molecular weight excluding hydrogens is 458 g/mol. The molecule has 1 aliphatic rings. The monoisotopic (exact) mass is 477 g/mol. The Morgan fingerprint density at radius 3 is 2.54 bits per heavy atom. The minimum Gasteiger partial charge on any atom is -0.459 e. The summed E-state index contributed by atoms with van der Waals surface area (Å²) in [7, 11) is 0. The summed E-state index contributed by atoms with van der Waals surface area (Å²) in [5, 5.41) is 22.2. The van der Waals surface area contributed by atoms with E-state index in [2.05, 4.69) is 15.0 Å². The SMILES string of the molecule is Nc1ncnc2c1ncn2C1OC(COC(=O)c2ccc3cc(C=O)c(C=O)cc3c2)C(O)C1O. The highest BCUT2D eigenvalue weighted by molar-refractivity contribution is 6.01. The summed E-state index contributed by atoms with van der Waals surface area (Å²) in [6, 6.07) is 7.75. The number of nitrogen functional groups attached to an aromatic ring is 1. The van der Waals surface area contributed by atoms with Crippen molar-refractivity contribution in [2.45, 2.75) is 24.5 Å². The number of nitrogens with two attached hydrogens (primary N) is 1. The maximum Gasteiger partial charge on any atom is 0.338 e. The molecule has 2 aromatic carbocycles. The Labute approximate surface area is 196 Å². The van der Waals surface area contributed by atoms with Crippen LogP contribution in [-0.4, -0.2) is 73.2 Å². The van der Waals surface area contributed by atoms with Crippen molar-refractivity contribution in [1.29, 1.82) is 0 Å². The molecule has 1 fully saturated rings. The van der Waals surface area contributed by atoms with Crippen LogP contribution in [0, 0.1) is 0 Å². The lowest BCUT2D eigenvalue weighted by Gasteiger charge is -2.16. The first-order chi connectivity index (χ1) is 16.9. The predicted octanol–water partition coefficient (Wildman–Crippen LogP) is 0.663. The largest absolute Gasteiger partial charge is 0.459 e. The summed E-state index contributed by atoms with van der Waals surface area (Å²) in [5.74, 6) is -0.536. The summed E-state index contributed by atoms with van der Waals surface area (Å²) in [6.45, 7) is -0.334. The number of carbonyl (C=O) groups is 3. The van der Waals surface area contributed by atoms with E-state index in [1.165, 1.54) is 35.4 Å². The van der Waals surface area contributed by atoms with E-state index in [-0.39, 0.29) is 29.1 Å². The maximum absolute atomic E-state index is 12.6. The lowest BCUT2D eigenvalue weighted by molar-refractivity contribution is -0.0565. The van der Waals surface area contributed by atoms with Gasteiger partial charge < -0.3 is 25.4 Å². The number of anilines is 1. The van der Waals surface area contributed by atoms with E-state index in [1.807, 2.05) is 0 Å². The maximum atomic E-state index is 12.6. The zero-order valence-corrected chi connectivity index (χ0v) is 18.0. The topological polar surface area (TPSA) is 180 Å². The number of rotatable bonds is 6. The second kappa shape index (κ2) is 8.83. The molecule has 12 nitrogen and oxygen atoms in total. The van der Waals surface area contributed by atoms with Crippen LogP contribution in [0.15, 0.2) is 43.0 Å². The van der Waals surface area contributed by atoms with Crippen molar-refractivity contribution >= 4 is 46.3 Å². The molecular formula is C23H19N5O7. The normalized spacial score (nSPS) is 21.9. The van der Waals surface area contributed by atoms with Crippen LogP contribution in [0.1, 0.15) is 37.3 Å². The zero-order valence-electron chi connectivity index (χ0n) is 18.0. The van der Waals surface area contributed by atoms with E-state index in [0.29, 0.717) is 34.5 Å². The van der Waals surface area contributed by atoms with Gasteiger partial charge in [0.15, 0.2) is 30.3 Å². The number of esters is 1. The van der Waals surface area contributed by atoms with Crippen molar-refractivity contribution in [2.75, 3.05) is 12.3 Å². The fourth-order valence-electron chi connectivity index (χ4n) is 4.06. The average molecular weight is 477 g/mol. The highest BCUT2D eigenvalue weighted by Gasteiger charge is 2.45. The third-order valence-corrected chi connectivity index (χ3v) is 5.91. The summed E-state index contributed by atoms with van der Waals surface area (Å²) in [5.41, 5.74) is 7.09. The Kier molecular flexibility index (Phi) is 5.68. The van der Waals surface area contributed by atoms with Crippen LogP contribution in [0.4, 0.5) is 5.82 Å². The van der Waals surface area contributed by atoms with Crippen molar-refractivity contribution in [1.82, 2.24) is 19.5 Å². The highest BCUT2D eigenvalue weighted by Crippen LogP contribution is 2.32. The van der Waals surface area contributed by atoms with Gasteiger partial charge in [0.2, 0.25) is 0 Å². The molecule has 0 amide bonds. The number of aliphatic hydroxyl groups excluding tert-OH is 2. The van der Waals surface area contributed by atoms with Crippen LogP contribution in [0.2, 0.25) is 0 Å². The minimum atomic E-state index is -1.35. The van der Waals surface area contributed by atoms with E-state index in [9.17, 15) is 24.6 Å². The first kappa shape index (κ1) is 22.5. The molecule has 0 aliphatic carbocycles. The first-order valence-electron chi connectivity index (χ1n) is 10.5. The van der Waals surface area contributed by atoms with Gasteiger partial charge in [-0.1, -0.05) is 6.07 Å². The number of fused-ring (bicyclic) bond motifs is 2. The quantitative estimate of drug-likeness (QED) is 0.262. The first-order valence-corrected chi connectivity index (χ1v) is 10.5. The van der Waals surface area contributed by atoms with Gasteiger partial charge in [0.25, 0.3) is 0 Å². The predicted molar refractivity (Wildman–Crippen MR) is 121 cm³/mol. The van der Waals surface area contributed by atoms with Crippen molar-refractivity contribution in [3.8, 4) is 0 Å². The van der Waals surface area contributed by atoms with Crippen LogP contribution >= 0.6 is 0 Å². The molecule has 35 heavy (non-hydrogen) atoms. The van der Waals surface area contributed by atoms with Crippen LogP contribution in [0.25, 0.3) is 21.9 Å². The number of imidazole rings is 1. The molecule has 1 aliphatic heterocycles. The standard InChI is InChI=1S/C23H19N5O7/c24-20-17-21(26-9-25-20)28(10-27-17)22-19(32)18(31)16(35-22)8-34-23(33)12-2-1-11-3-14(6-29)15(7-30)5-13(11)4-12/h1-7,9-10,16,18-19,22,31-32H,8H2,(H2,24,25,26). The van der Waals surface area contributed by atoms with Gasteiger partial charge >= 0.3 is 5.97 Å². The van der Waals surface area contributed by atoms with Gasteiger partial charge in [0.1, 0.15) is 36.8 Å². The number of benzene rings is 2. The van der Waals surface area contributed by atoms with Gasteiger partial charge in [-0.15, -0.1) is 0 Å². The Morgan fingerprint density at radius 1 is 1.06 bits per heavy atom. The van der Waals surface area contributed by atoms with E-state index >= 15 is 0 Å². The molecule has 5 rings (SSSR count). The molecule has 0 spiro atoms. The number of hydrogen-bond acceptors (Lipinski definition) is 11. The number of carbonyl (C=O) groups excluding carboxylic acids is 3. The van der Waals surface area contributed by atoms with Crippen molar-refractivity contribution in [2.24, 2.45) is 0 Å². The lowest BCUT2D eigenvalue weighted by atomic mass is 10.0. The highest BCUT2D eigenvalue weighted by atomic mass is 16.6. The fourth-order valence-corrected chi connectivity index (χ4v) is 4.06. The average Bonchev–Trinajstić information content (AvgIpc) is 3.43. The van der Waals surface area contributed by atoms with Crippen LogP contribution in [0.3, 0.4) is 0 Å². The second-order valence-electron chi connectivity index (χ2n) is 8.01. The summed E-state index contributed by atoms with van der Waals surface area (Å²) in [4.78, 5) is 47.1. The molecule has 4 atom stereocenters. The summed E-state index contributed by atoms with van der Waals surface area (Å²) in [6.07, 6.45) is -0.986. The number of ether oxygens (including phenoxy) is 2. The lowest BCUT2D eigenvalue weighted by Crippen LogP contribution is -2.34. The molecule has 178 valence electrons. The number of aliphatic hydroxyl groups is 2. The van der Waals surface area contributed by atoms with Crippen molar-refractivity contribution in [3.63, 3.8) is 0 Å². The van der Waals surface area contributed by atoms with Crippen molar-refractivity contribution in [3.05, 3.63) is 59.7 Å². The van der Waals surface area contributed by atoms with Crippen LogP contribution in [0.5, 0.6) is 0 Å². The van der Waals surface area contributed by atoms with Gasteiger partial charge in [-0.25, -0.2) is 19.7 Å². The summed E-state index contributed by atoms with van der Waals surface area (Å²) >= 11 is 0. The van der Waals surface area contributed by atoms with E-state index < -0.39 is 30.5 Å². The van der Waals surface area contributed by atoms with E-state index in [0.717, 1.165) is 0 Å². The van der Waals surface area contributed by atoms with Crippen molar-refractivity contribution < 1.29 is 34.1 Å². The molecule has 12 heteroatoms. The summed E-state index contributed by atoms with van der Waals surface area (Å²) < 4.78 is 12.5.